The molecular formula is C18H28BNO3. The van der Waals surface area contributed by atoms with Crippen LogP contribution in [-0.2, 0) is 9.31 Å². The Hall–Kier alpha value is -1.33. The van der Waals surface area contributed by atoms with Crippen molar-refractivity contribution in [2.45, 2.75) is 65.7 Å². The van der Waals surface area contributed by atoms with E-state index in [9.17, 15) is 4.79 Å². The lowest BCUT2D eigenvalue weighted by atomic mass is 9.75. The molecule has 1 fully saturated rings. The maximum Gasteiger partial charge on any atom is 0.495 e. The average molecular weight is 317 g/mol. The molecule has 4 nitrogen and oxygen atoms in total. The summed E-state index contributed by atoms with van der Waals surface area (Å²) in [5.74, 6) is 0.0211. The van der Waals surface area contributed by atoms with Crippen molar-refractivity contribution in [1.29, 1.82) is 0 Å². The van der Waals surface area contributed by atoms with Crippen LogP contribution in [0.5, 0.6) is 0 Å². The first-order valence-electron chi connectivity index (χ1n) is 8.36. The molecule has 1 saturated heterocycles. The molecule has 5 heteroatoms. The predicted molar refractivity (Wildman–Crippen MR) is 94.0 cm³/mol. The topological polar surface area (TPSA) is 38.8 Å². The molecule has 1 amide bonds. The van der Waals surface area contributed by atoms with Crippen LogP contribution in [0.4, 0.5) is 0 Å². The Morgan fingerprint density at radius 2 is 1.65 bits per heavy atom. The van der Waals surface area contributed by atoms with Crippen molar-refractivity contribution in [2.75, 3.05) is 6.54 Å². The molecule has 0 radical (unpaired) electrons. The summed E-state index contributed by atoms with van der Waals surface area (Å²) in [7, 11) is -0.522. The van der Waals surface area contributed by atoms with Gasteiger partial charge in [-0.3, -0.25) is 4.79 Å². The summed E-state index contributed by atoms with van der Waals surface area (Å²) in [6.07, 6.45) is 0. The van der Waals surface area contributed by atoms with Gasteiger partial charge in [0.2, 0.25) is 0 Å². The molecule has 1 aliphatic heterocycles. The second kappa shape index (κ2) is 6.29. The van der Waals surface area contributed by atoms with Gasteiger partial charge in [0.25, 0.3) is 5.91 Å². The average Bonchev–Trinajstić information content (AvgIpc) is 2.67. The third-order valence-electron chi connectivity index (χ3n) is 4.92. The lowest BCUT2D eigenvalue weighted by Crippen LogP contribution is -2.43. The van der Waals surface area contributed by atoms with Crippen molar-refractivity contribution in [1.82, 2.24) is 4.90 Å². The highest BCUT2D eigenvalue weighted by Gasteiger charge is 2.52. The van der Waals surface area contributed by atoms with Crippen LogP contribution in [-0.4, -0.2) is 41.7 Å². The number of amides is 1. The van der Waals surface area contributed by atoms with Gasteiger partial charge in [-0.25, -0.2) is 0 Å². The Kier molecular flexibility index (Phi) is 4.93. The molecule has 0 aromatic heterocycles. The molecule has 0 saturated carbocycles. The summed E-state index contributed by atoms with van der Waals surface area (Å²) >= 11 is 0. The van der Waals surface area contributed by atoms with Crippen LogP contribution in [0.15, 0.2) is 24.3 Å². The number of benzene rings is 1. The van der Waals surface area contributed by atoms with Crippen LogP contribution in [0, 0.1) is 0 Å². The molecule has 0 bridgehead atoms. The first-order chi connectivity index (χ1) is 10.6. The van der Waals surface area contributed by atoms with Gasteiger partial charge in [-0.05, 0) is 60.0 Å². The van der Waals surface area contributed by atoms with Gasteiger partial charge in [0.15, 0.2) is 0 Å². The fourth-order valence-electron chi connectivity index (χ4n) is 2.77. The van der Waals surface area contributed by atoms with Crippen molar-refractivity contribution in [3.05, 3.63) is 29.8 Å². The molecule has 1 heterocycles. The molecule has 1 aromatic carbocycles. The first kappa shape index (κ1) is 18.0. The van der Waals surface area contributed by atoms with E-state index in [2.05, 4.69) is 0 Å². The van der Waals surface area contributed by atoms with Crippen molar-refractivity contribution in [3.63, 3.8) is 0 Å². The minimum Gasteiger partial charge on any atom is -0.399 e. The minimum absolute atomic E-state index is 0.0211. The summed E-state index contributed by atoms with van der Waals surface area (Å²) < 4.78 is 12.2. The van der Waals surface area contributed by atoms with Gasteiger partial charge in [0.05, 0.1) is 11.2 Å². The summed E-state index contributed by atoms with van der Waals surface area (Å²) in [4.78, 5) is 14.8. The highest BCUT2D eigenvalue weighted by molar-refractivity contribution is 6.63. The van der Waals surface area contributed by atoms with E-state index in [4.69, 9.17) is 9.31 Å². The first-order valence-corrected chi connectivity index (χ1v) is 8.36. The van der Waals surface area contributed by atoms with E-state index in [1.807, 2.05) is 77.6 Å². The molecule has 1 aromatic rings. The van der Waals surface area contributed by atoms with Crippen molar-refractivity contribution >= 4 is 18.5 Å². The van der Waals surface area contributed by atoms with Gasteiger partial charge in [-0.1, -0.05) is 18.2 Å². The molecule has 23 heavy (non-hydrogen) atoms. The normalized spacial score (nSPS) is 19.2. The molecule has 0 spiro atoms. The third-order valence-corrected chi connectivity index (χ3v) is 4.92. The van der Waals surface area contributed by atoms with Gasteiger partial charge < -0.3 is 14.2 Å². The Bertz CT molecular complexity index is 567. The van der Waals surface area contributed by atoms with Crippen molar-refractivity contribution < 1.29 is 14.1 Å². The van der Waals surface area contributed by atoms with Crippen LogP contribution in [0.25, 0.3) is 0 Å². The molecule has 0 unspecified atom stereocenters. The maximum absolute atomic E-state index is 12.9. The quantitative estimate of drug-likeness (QED) is 0.802. The zero-order valence-corrected chi connectivity index (χ0v) is 15.3. The number of hydrogen-bond acceptors (Lipinski definition) is 3. The zero-order valence-electron chi connectivity index (χ0n) is 15.3. The van der Waals surface area contributed by atoms with Crippen molar-refractivity contribution in [2.24, 2.45) is 0 Å². The molecule has 0 N–H and O–H groups in total. The standard InChI is InChI=1S/C18H28BNO3/c1-8-20(13(2)3)16(21)14-11-9-10-12-15(14)19-22-17(4,5)18(6,7)23-19/h9-13H,8H2,1-7H3. The molecule has 1 aliphatic rings. The monoisotopic (exact) mass is 317 g/mol. The summed E-state index contributed by atoms with van der Waals surface area (Å²) in [6, 6.07) is 7.73. The van der Waals surface area contributed by atoms with E-state index in [1.165, 1.54) is 0 Å². The SMILES string of the molecule is CCN(C(=O)c1ccccc1B1OC(C)(C)C(C)(C)O1)C(C)C. The minimum atomic E-state index is -0.522. The molecule has 126 valence electrons. The Morgan fingerprint density at radius 1 is 1.13 bits per heavy atom. The third kappa shape index (κ3) is 3.31. The van der Waals surface area contributed by atoms with Crippen LogP contribution >= 0.6 is 0 Å². The van der Waals surface area contributed by atoms with Crippen molar-refractivity contribution in [3.8, 4) is 0 Å². The number of nitrogens with zero attached hydrogens (tertiary/aromatic N) is 1. The van der Waals surface area contributed by atoms with E-state index in [1.54, 1.807) is 0 Å². The highest BCUT2D eigenvalue weighted by Crippen LogP contribution is 2.36. The Morgan fingerprint density at radius 3 is 2.13 bits per heavy atom. The van der Waals surface area contributed by atoms with Gasteiger partial charge in [-0.15, -0.1) is 0 Å². The van der Waals surface area contributed by atoms with Gasteiger partial charge in [0.1, 0.15) is 0 Å². The van der Waals surface area contributed by atoms with Gasteiger partial charge in [-0.2, -0.15) is 0 Å². The van der Waals surface area contributed by atoms with Crippen LogP contribution in [0.2, 0.25) is 0 Å². The van der Waals surface area contributed by atoms with E-state index < -0.39 is 18.3 Å². The van der Waals surface area contributed by atoms with Crippen LogP contribution in [0.3, 0.4) is 0 Å². The molecule has 0 atom stereocenters. The second-order valence-corrected chi connectivity index (χ2v) is 7.36. The van der Waals surface area contributed by atoms with Crippen LogP contribution < -0.4 is 5.46 Å². The van der Waals surface area contributed by atoms with E-state index in [-0.39, 0.29) is 11.9 Å². The Labute approximate surface area is 140 Å². The second-order valence-electron chi connectivity index (χ2n) is 7.36. The fraction of sp³-hybridized carbons (Fsp3) is 0.611. The lowest BCUT2D eigenvalue weighted by Gasteiger charge is -2.32. The highest BCUT2D eigenvalue weighted by atomic mass is 16.7. The summed E-state index contributed by atoms with van der Waals surface area (Å²) in [6.45, 7) is 14.8. The lowest BCUT2D eigenvalue weighted by molar-refractivity contribution is 0.00578. The number of carbonyl (C=O) groups is 1. The van der Waals surface area contributed by atoms with Gasteiger partial charge >= 0.3 is 7.12 Å². The maximum atomic E-state index is 12.9. The summed E-state index contributed by atoms with van der Waals surface area (Å²) in [5.41, 5.74) is 0.615. The Balaban J connectivity index is 2.38. The number of rotatable bonds is 4. The van der Waals surface area contributed by atoms with Crippen LogP contribution in [0.1, 0.15) is 58.8 Å². The predicted octanol–water partition coefficient (Wildman–Crippen LogP) is 2.86. The molecule has 0 aliphatic carbocycles. The molecular weight excluding hydrogens is 289 g/mol. The summed E-state index contributed by atoms with van der Waals surface area (Å²) in [5, 5.41) is 0. The van der Waals surface area contributed by atoms with Gasteiger partial charge in [0, 0.05) is 18.2 Å². The number of hydrogen-bond donors (Lipinski definition) is 0. The van der Waals surface area contributed by atoms with E-state index >= 15 is 0 Å². The van der Waals surface area contributed by atoms with E-state index in [0.717, 1.165) is 5.46 Å². The number of carbonyl (C=O) groups excluding carboxylic acids is 1. The zero-order chi connectivity index (χ0) is 17.4. The fourth-order valence-corrected chi connectivity index (χ4v) is 2.77. The molecule has 2 rings (SSSR count). The van der Waals surface area contributed by atoms with E-state index in [0.29, 0.717) is 12.1 Å². The largest absolute Gasteiger partial charge is 0.495 e. The smallest absolute Gasteiger partial charge is 0.399 e.